The molecule has 128 valence electrons. The number of halogens is 1. The van der Waals surface area contributed by atoms with Gasteiger partial charge in [-0.25, -0.2) is 17.9 Å². The number of sulfonamides is 1. The van der Waals surface area contributed by atoms with Gasteiger partial charge in [0, 0.05) is 6.07 Å². The van der Waals surface area contributed by atoms with Crippen LogP contribution in [0.3, 0.4) is 0 Å². The van der Waals surface area contributed by atoms with Crippen LogP contribution in [0, 0.1) is 0 Å². The Morgan fingerprint density at radius 2 is 1.88 bits per heavy atom. The van der Waals surface area contributed by atoms with Gasteiger partial charge < -0.3 is 9.47 Å². The number of hydrogen-bond acceptors (Lipinski definition) is 7. The second-order valence-electron chi connectivity index (χ2n) is 4.27. The standard InChI is InChI=1S/C13H13ClN4O5S/c1-22-11-7-10(16-13(17-11)23-2)15-12(19)18-24(20,21)9-6-4-3-5-8(9)14/h3-7H,1-2H3,(H2,15,16,17,18,19). The molecule has 0 spiro atoms. The van der Waals surface area contributed by atoms with E-state index in [1.165, 1.54) is 38.5 Å². The summed E-state index contributed by atoms with van der Waals surface area (Å²) in [6.45, 7) is 0. The Bertz CT molecular complexity index is 837. The lowest BCUT2D eigenvalue weighted by molar-refractivity contribution is 0.256. The normalized spacial score (nSPS) is 10.8. The number of amides is 2. The largest absolute Gasteiger partial charge is 0.481 e. The van der Waals surface area contributed by atoms with Crippen molar-refractivity contribution in [3.8, 4) is 11.9 Å². The quantitative estimate of drug-likeness (QED) is 0.818. The van der Waals surface area contributed by atoms with Crippen molar-refractivity contribution in [1.82, 2.24) is 14.7 Å². The second-order valence-corrected chi connectivity index (χ2v) is 6.33. The number of nitrogens with zero attached hydrogens (tertiary/aromatic N) is 2. The molecule has 2 amide bonds. The summed E-state index contributed by atoms with van der Waals surface area (Å²) in [5.41, 5.74) is 0. The lowest BCUT2D eigenvalue weighted by Crippen LogP contribution is -2.34. The number of benzene rings is 1. The molecule has 0 aliphatic heterocycles. The van der Waals surface area contributed by atoms with Crippen molar-refractivity contribution in [2.24, 2.45) is 0 Å². The first-order valence-corrected chi connectivity index (χ1v) is 8.27. The van der Waals surface area contributed by atoms with Gasteiger partial charge in [0.2, 0.25) is 5.88 Å². The van der Waals surface area contributed by atoms with Gasteiger partial charge in [-0.15, -0.1) is 0 Å². The SMILES string of the molecule is COc1cc(NC(=O)NS(=O)(=O)c2ccccc2Cl)nc(OC)n1. The molecule has 0 radical (unpaired) electrons. The van der Waals surface area contributed by atoms with E-state index >= 15 is 0 Å². The van der Waals surface area contributed by atoms with E-state index in [0.717, 1.165) is 0 Å². The molecule has 1 heterocycles. The van der Waals surface area contributed by atoms with Gasteiger partial charge in [-0.3, -0.25) is 5.32 Å². The predicted octanol–water partition coefficient (Wildman–Crippen LogP) is 1.66. The van der Waals surface area contributed by atoms with E-state index in [1.54, 1.807) is 6.07 Å². The molecule has 2 rings (SSSR count). The summed E-state index contributed by atoms with van der Waals surface area (Å²) in [7, 11) is -1.44. The van der Waals surface area contributed by atoms with Crippen LogP contribution in [0.25, 0.3) is 0 Å². The molecular weight excluding hydrogens is 360 g/mol. The Morgan fingerprint density at radius 3 is 2.50 bits per heavy atom. The van der Waals surface area contributed by atoms with Crippen molar-refractivity contribution in [1.29, 1.82) is 0 Å². The molecule has 0 unspecified atom stereocenters. The zero-order chi connectivity index (χ0) is 17.7. The molecule has 0 bridgehead atoms. The van der Waals surface area contributed by atoms with Gasteiger partial charge in [0.1, 0.15) is 10.7 Å². The summed E-state index contributed by atoms with van der Waals surface area (Å²) < 4.78 is 35.9. The smallest absolute Gasteiger partial charge is 0.334 e. The third-order valence-corrected chi connectivity index (χ3v) is 4.50. The Morgan fingerprint density at radius 1 is 1.17 bits per heavy atom. The highest BCUT2D eigenvalue weighted by Crippen LogP contribution is 2.20. The molecule has 2 aromatic rings. The Kier molecular flexibility index (Phi) is 5.42. The van der Waals surface area contributed by atoms with Gasteiger partial charge in [-0.1, -0.05) is 23.7 Å². The third-order valence-electron chi connectivity index (χ3n) is 2.67. The van der Waals surface area contributed by atoms with Crippen LogP contribution < -0.4 is 19.5 Å². The monoisotopic (exact) mass is 372 g/mol. The van der Waals surface area contributed by atoms with Crippen LogP contribution in [0.15, 0.2) is 35.2 Å². The van der Waals surface area contributed by atoms with E-state index in [-0.39, 0.29) is 27.6 Å². The molecule has 0 saturated heterocycles. The Hall–Kier alpha value is -2.59. The van der Waals surface area contributed by atoms with E-state index in [2.05, 4.69) is 15.3 Å². The maximum absolute atomic E-state index is 12.2. The summed E-state index contributed by atoms with van der Waals surface area (Å²) in [6, 6.07) is 5.93. The Balaban J connectivity index is 2.18. The second kappa shape index (κ2) is 7.32. The highest BCUT2D eigenvalue weighted by molar-refractivity contribution is 7.90. The number of urea groups is 1. The number of nitrogens with one attached hydrogen (secondary N) is 2. The van der Waals surface area contributed by atoms with E-state index in [9.17, 15) is 13.2 Å². The minimum absolute atomic E-state index is 0.00874. The number of rotatable bonds is 5. The van der Waals surface area contributed by atoms with Gasteiger partial charge in [0.15, 0.2) is 0 Å². The number of anilines is 1. The van der Waals surface area contributed by atoms with Crippen LogP contribution in [0.1, 0.15) is 0 Å². The lowest BCUT2D eigenvalue weighted by Gasteiger charge is -2.10. The van der Waals surface area contributed by atoms with Crippen LogP contribution in [0.2, 0.25) is 5.02 Å². The Labute approximate surface area is 143 Å². The molecule has 0 fully saturated rings. The van der Waals surface area contributed by atoms with Crippen LogP contribution in [-0.2, 0) is 10.0 Å². The van der Waals surface area contributed by atoms with Crippen LogP contribution >= 0.6 is 11.6 Å². The molecule has 2 N–H and O–H groups in total. The number of carbonyl (C=O) groups is 1. The predicted molar refractivity (Wildman–Crippen MR) is 85.9 cm³/mol. The maximum Gasteiger partial charge on any atom is 0.334 e. The van der Waals surface area contributed by atoms with Gasteiger partial charge >= 0.3 is 12.0 Å². The van der Waals surface area contributed by atoms with Gasteiger partial charge in [0.05, 0.1) is 19.2 Å². The van der Waals surface area contributed by atoms with Crippen LogP contribution in [0.4, 0.5) is 10.6 Å². The molecule has 24 heavy (non-hydrogen) atoms. The molecule has 1 aromatic heterocycles. The number of carbonyl (C=O) groups excluding carboxylic acids is 1. The van der Waals surface area contributed by atoms with Gasteiger partial charge in [0.25, 0.3) is 10.0 Å². The molecule has 0 aliphatic rings. The number of aromatic nitrogens is 2. The molecular formula is C13H13ClN4O5S. The lowest BCUT2D eigenvalue weighted by atomic mass is 10.4. The minimum atomic E-state index is -4.14. The van der Waals surface area contributed by atoms with Crippen molar-refractivity contribution in [3.05, 3.63) is 35.4 Å². The fraction of sp³-hybridized carbons (Fsp3) is 0.154. The first-order valence-electron chi connectivity index (χ1n) is 6.41. The molecule has 11 heteroatoms. The fourth-order valence-corrected chi connectivity index (χ4v) is 3.07. The van der Waals surface area contributed by atoms with Crippen molar-refractivity contribution >= 4 is 33.5 Å². The first kappa shape index (κ1) is 17.8. The van der Waals surface area contributed by atoms with Crippen LogP contribution in [-0.4, -0.2) is 38.6 Å². The summed E-state index contributed by atoms with van der Waals surface area (Å²) in [4.78, 5) is 19.4. The summed E-state index contributed by atoms with van der Waals surface area (Å²) in [5, 5.41) is 2.24. The van der Waals surface area contributed by atoms with E-state index in [1.807, 2.05) is 4.72 Å². The highest BCUT2D eigenvalue weighted by atomic mass is 35.5. The van der Waals surface area contributed by atoms with E-state index in [4.69, 9.17) is 21.1 Å². The third kappa shape index (κ3) is 4.24. The maximum atomic E-state index is 12.2. The van der Waals surface area contributed by atoms with Crippen molar-refractivity contribution in [2.75, 3.05) is 19.5 Å². The van der Waals surface area contributed by atoms with E-state index < -0.39 is 16.1 Å². The summed E-state index contributed by atoms with van der Waals surface area (Å²) in [5.74, 6) is 0.122. The van der Waals surface area contributed by atoms with Crippen molar-refractivity contribution in [3.63, 3.8) is 0 Å². The zero-order valence-corrected chi connectivity index (χ0v) is 14.2. The molecule has 1 aromatic carbocycles. The van der Waals surface area contributed by atoms with E-state index in [0.29, 0.717) is 0 Å². The summed E-state index contributed by atoms with van der Waals surface area (Å²) in [6.07, 6.45) is 0. The van der Waals surface area contributed by atoms with Gasteiger partial charge in [-0.2, -0.15) is 9.97 Å². The number of hydrogen-bond donors (Lipinski definition) is 2. The number of methoxy groups -OCH3 is 2. The number of ether oxygens (including phenoxy) is 2. The van der Waals surface area contributed by atoms with Crippen molar-refractivity contribution in [2.45, 2.75) is 4.90 Å². The topological polar surface area (TPSA) is 120 Å². The zero-order valence-electron chi connectivity index (χ0n) is 12.6. The highest BCUT2D eigenvalue weighted by Gasteiger charge is 2.21. The average molecular weight is 373 g/mol. The fourth-order valence-electron chi connectivity index (χ4n) is 1.65. The molecule has 0 aliphatic carbocycles. The van der Waals surface area contributed by atoms with Gasteiger partial charge in [-0.05, 0) is 12.1 Å². The van der Waals surface area contributed by atoms with Crippen molar-refractivity contribution < 1.29 is 22.7 Å². The molecule has 0 saturated carbocycles. The first-order chi connectivity index (χ1) is 11.4. The summed E-state index contributed by atoms with van der Waals surface area (Å²) >= 11 is 5.83. The molecule has 0 atom stereocenters. The average Bonchev–Trinajstić information content (AvgIpc) is 2.53. The van der Waals surface area contributed by atoms with Crippen LogP contribution in [0.5, 0.6) is 11.9 Å². The minimum Gasteiger partial charge on any atom is -0.481 e. The molecule has 9 nitrogen and oxygen atoms in total.